The molecule has 18 heavy (non-hydrogen) atoms. The van der Waals surface area contributed by atoms with Crippen molar-refractivity contribution in [3.63, 3.8) is 0 Å². The van der Waals surface area contributed by atoms with E-state index in [4.69, 9.17) is 15.6 Å². The number of rotatable bonds is 9. The summed E-state index contributed by atoms with van der Waals surface area (Å²) in [5.41, 5.74) is 8.22. The molecule has 0 unspecified atom stereocenters. The number of ether oxygens (including phenoxy) is 1. The van der Waals surface area contributed by atoms with Crippen LogP contribution in [0, 0.1) is 0 Å². The summed E-state index contributed by atoms with van der Waals surface area (Å²) in [7, 11) is 0. The smallest absolute Gasteiger partial charge is 0.0698 e. The first-order chi connectivity index (χ1) is 8.81. The molecule has 4 heteroatoms. The van der Waals surface area contributed by atoms with Crippen LogP contribution >= 0.6 is 0 Å². The van der Waals surface area contributed by atoms with E-state index in [1.165, 1.54) is 11.1 Å². The van der Waals surface area contributed by atoms with Gasteiger partial charge in [0.2, 0.25) is 0 Å². The van der Waals surface area contributed by atoms with Gasteiger partial charge >= 0.3 is 0 Å². The largest absolute Gasteiger partial charge is 0.394 e. The van der Waals surface area contributed by atoms with Gasteiger partial charge in [0.1, 0.15) is 0 Å². The molecule has 0 saturated heterocycles. The van der Waals surface area contributed by atoms with Crippen LogP contribution in [0.2, 0.25) is 0 Å². The fourth-order valence-corrected chi connectivity index (χ4v) is 1.86. The molecule has 0 atom stereocenters. The molecule has 0 fully saturated rings. The SMILES string of the molecule is CCN(CCOCCO)Cc1ccccc1CN. The lowest BCUT2D eigenvalue weighted by molar-refractivity contribution is 0.0731. The molecule has 0 aliphatic rings. The maximum absolute atomic E-state index is 8.64. The molecule has 0 spiro atoms. The number of nitrogens with zero attached hydrogens (tertiary/aromatic N) is 1. The van der Waals surface area contributed by atoms with E-state index in [2.05, 4.69) is 24.0 Å². The third-order valence-corrected chi connectivity index (χ3v) is 2.97. The van der Waals surface area contributed by atoms with Crippen molar-refractivity contribution in [2.45, 2.75) is 20.0 Å². The molecule has 3 N–H and O–H groups in total. The monoisotopic (exact) mass is 252 g/mol. The molecule has 102 valence electrons. The molecule has 0 radical (unpaired) electrons. The standard InChI is InChI=1S/C14H24N2O2/c1-2-16(7-9-18-10-8-17)12-14-6-4-3-5-13(14)11-15/h3-6,17H,2,7-12,15H2,1H3. The first kappa shape index (κ1) is 15.1. The second-order valence-corrected chi connectivity index (χ2v) is 4.18. The van der Waals surface area contributed by atoms with Crippen LogP contribution in [-0.2, 0) is 17.8 Å². The summed E-state index contributed by atoms with van der Waals surface area (Å²) in [6.45, 7) is 6.60. The van der Waals surface area contributed by atoms with E-state index < -0.39 is 0 Å². The zero-order valence-corrected chi connectivity index (χ0v) is 11.1. The lowest BCUT2D eigenvalue weighted by Crippen LogP contribution is -2.28. The van der Waals surface area contributed by atoms with E-state index in [1.807, 2.05) is 12.1 Å². The highest BCUT2D eigenvalue weighted by Crippen LogP contribution is 2.10. The lowest BCUT2D eigenvalue weighted by atomic mass is 10.1. The van der Waals surface area contributed by atoms with E-state index in [-0.39, 0.29) is 6.61 Å². The minimum atomic E-state index is 0.0854. The summed E-state index contributed by atoms with van der Waals surface area (Å²) in [6.07, 6.45) is 0. The van der Waals surface area contributed by atoms with Crippen molar-refractivity contribution in [2.75, 3.05) is 32.9 Å². The summed E-state index contributed by atoms with van der Waals surface area (Å²) < 4.78 is 5.29. The lowest BCUT2D eigenvalue weighted by Gasteiger charge is -2.21. The minimum absolute atomic E-state index is 0.0854. The third-order valence-electron chi connectivity index (χ3n) is 2.97. The van der Waals surface area contributed by atoms with Crippen molar-refractivity contribution in [1.29, 1.82) is 0 Å². The molecule has 1 rings (SSSR count). The number of hydrogen-bond donors (Lipinski definition) is 2. The van der Waals surface area contributed by atoms with Crippen molar-refractivity contribution >= 4 is 0 Å². The quantitative estimate of drug-likeness (QED) is 0.643. The van der Waals surface area contributed by atoms with E-state index in [9.17, 15) is 0 Å². The summed E-state index contributed by atoms with van der Waals surface area (Å²) in [4.78, 5) is 2.31. The first-order valence-corrected chi connectivity index (χ1v) is 6.49. The molecule has 0 aliphatic carbocycles. The van der Waals surface area contributed by atoms with Crippen LogP contribution in [0.15, 0.2) is 24.3 Å². The molecular formula is C14H24N2O2. The summed E-state index contributed by atoms with van der Waals surface area (Å²) >= 11 is 0. The van der Waals surface area contributed by atoms with Gasteiger partial charge in [-0.25, -0.2) is 0 Å². The van der Waals surface area contributed by atoms with E-state index in [0.29, 0.717) is 19.8 Å². The second kappa shape index (κ2) is 9.05. The van der Waals surface area contributed by atoms with Crippen molar-refractivity contribution in [2.24, 2.45) is 5.73 Å². The Hall–Kier alpha value is -0.940. The van der Waals surface area contributed by atoms with Gasteiger partial charge in [-0.05, 0) is 17.7 Å². The Kier molecular flexibility index (Phi) is 7.60. The van der Waals surface area contributed by atoms with Crippen LogP contribution in [0.3, 0.4) is 0 Å². The maximum atomic E-state index is 8.64. The fraction of sp³-hybridized carbons (Fsp3) is 0.571. The minimum Gasteiger partial charge on any atom is -0.394 e. The number of nitrogens with two attached hydrogens (primary N) is 1. The van der Waals surface area contributed by atoms with Gasteiger partial charge in [-0.15, -0.1) is 0 Å². The van der Waals surface area contributed by atoms with Crippen molar-refractivity contribution in [3.8, 4) is 0 Å². The number of hydrogen-bond acceptors (Lipinski definition) is 4. The highest BCUT2D eigenvalue weighted by atomic mass is 16.5. The van der Waals surface area contributed by atoms with Crippen molar-refractivity contribution < 1.29 is 9.84 Å². The number of likely N-dealkylation sites (N-methyl/N-ethyl adjacent to an activating group) is 1. The number of aliphatic hydroxyl groups excluding tert-OH is 1. The van der Waals surface area contributed by atoms with Gasteiger partial charge in [0.25, 0.3) is 0 Å². The Balaban J connectivity index is 2.46. The first-order valence-electron chi connectivity index (χ1n) is 6.49. The number of benzene rings is 1. The van der Waals surface area contributed by atoms with Crippen LogP contribution in [0.25, 0.3) is 0 Å². The molecule has 0 aromatic heterocycles. The Morgan fingerprint density at radius 2 is 1.94 bits per heavy atom. The molecule has 0 bridgehead atoms. The zero-order valence-electron chi connectivity index (χ0n) is 11.1. The predicted octanol–water partition coefficient (Wildman–Crippen LogP) is 0.976. The van der Waals surface area contributed by atoms with Gasteiger partial charge in [0.05, 0.1) is 19.8 Å². The highest BCUT2D eigenvalue weighted by molar-refractivity contribution is 5.26. The van der Waals surface area contributed by atoms with Crippen LogP contribution in [0.1, 0.15) is 18.1 Å². The normalized spacial score (nSPS) is 11.1. The average Bonchev–Trinajstić information content (AvgIpc) is 2.42. The molecular weight excluding hydrogens is 228 g/mol. The summed E-state index contributed by atoms with van der Waals surface area (Å²) in [5.74, 6) is 0. The van der Waals surface area contributed by atoms with Crippen molar-refractivity contribution in [3.05, 3.63) is 35.4 Å². The van der Waals surface area contributed by atoms with Crippen molar-refractivity contribution in [1.82, 2.24) is 4.90 Å². The summed E-state index contributed by atoms with van der Waals surface area (Å²) in [5, 5.41) is 8.64. The van der Waals surface area contributed by atoms with Gasteiger partial charge in [-0.1, -0.05) is 31.2 Å². The molecule has 0 heterocycles. The second-order valence-electron chi connectivity index (χ2n) is 4.18. The Morgan fingerprint density at radius 1 is 1.22 bits per heavy atom. The fourth-order valence-electron chi connectivity index (χ4n) is 1.86. The predicted molar refractivity (Wildman–Crippen MR) is 73.2 cm³/mol. The van der Waals surface area contributed by atoms with Gasteiger partial charge in [0.15, 0.2) is 0 Å². The summed E-state index contributed by atoms with van der Waals surface area (Å²) in [6, 6.07) is 8.27. The van der Waals surface area contributed by atoms with E-state index >= 15 is 0 Å². The van der Waals surface area contributed by atoms with Gasteiger partial charge in [-0.2, -0.15) is 0 Å². The molecule has 4 nitrogen and oxygen atoms in total. The van der Waals surface area contributed by atoms with Crippen LogP contribution in [-0.4, -0.2) is 42.9 Å². The average molecular weight is 252 g/mol. The van der Waals surface area contributed by atoms with Gasteiger partial charge in [0, 0.05) is 19.6 Å². The van der Waals surface area contributed by atoms with E-state index in [1.54, 1.807) is 0 Å². The van der Waals surface area contributed by atoms with E-state index in [0.717, 1.165) is 19.6 Å². The van der Waals surface area contributed by atoms with Gasteiger partial charge in [-0.3, -0.25) is 4.90 Å². The topological polar surface area (TPSA) is 58.7 Å². The Labute approximate surface area is 109 Å². The molecule has 0 amide bonds. The molecule has 0 aliphatic heterocycles. The maximum Gasteiger partial charge on any atom is 0.0698 e. The molecule has 0 saturated carbocycles. The Morgan fingerprint density at radius 3 is 2.56 bits per heavy atom. The Bertz CT molecular complexity index is 331. The zero-order chi connectivity index (χ0) is 13.2. The van der Waals surface area contributed by atoms with Gasteiger partial charge < -0.3 is 15.6 Å². The number of aliphatic hydroxyl groups is 1. The van der Waals surface area contributed by atoms with Crippen LogP contribution < -0.4 is 5.73 Å². The van der Waals surface area contributed by atoms with Crippen LogP contribution in [0.5, 0.6) is 0 Å². The molecule has 1 aromatic rings. The highest BCUT2D eigenvalue weighted by Gasteiger charge is 2.06. The molecule has 1 aromatic carbocycles. The third kappa shape index (κ3) is 5.14. The van der Waals surface area contributed by atoms with Crippen LogP contribution in [0.4, 0.5) is 0 Å².